The van der Waals surface area contributed by atoms with Crippen LogP contribution in [0.1, 0.15) is 0 Å². The number of aliphatic carboxylic acids is 1. The Hall–Kier alpha value is -2.03. The first-order chi connectivity index (χ1) is 7.75. The van der Waals surface area contributed by atoms with Gasteiger partial charge in [0.25, 0.3) is 0 Å². The lowest BCUT2D eigenvalue weighted by molar-refractivity contribution is -0.138. The van der Waals surface area contributed by atoms with Gasteiger partial charge < -0.3 is 5.11 Å². The van der Waals surface area contributed by atoms with E-state index in [-0.39, 0.29) is 6.54 Å². The van der Waals surface area contributed by atoms with E-state index in [0.717, 1.165) is 11.8 Å². The summed E-state index contributed by atoms with van der Waals surface area (Å²) in [6.45, 7) is -0.282. The molecule has 0 saturated heterocycles. The van der Waals surface area contributed by atoms with E-state index in [2.05, 4.69) is 25.7 Å². The molecule has 0 spiro atoms. The van der Waals surface area contributed by atoms with Crippen LogP contribution in [-0.2, 0) is 11.3 Å². The van der Waals surface area contributed by atoms with Crippen molar-refractivity contribution in [2.45, 2.75) is 16.7 Å². The molecule has 0 aromatic carbocycles. The highest BCUT2D eigenvalue weighted by atomic mass is 32.2. The van der Waals surface area contributed by atoms with Gasteiger partial charge in [-0.25, -0.2) is 4.68 Å². The van der Waals surface area contributed by atoms with E-state index >= 15 is 0 Å². The van der Waals surface area contributed by atoms with Gasteiger partial charge in [0.05, 0.1) is 0 Å². The summed E-state index contributed by atoms with van der Waals surface area (Å²) in [4.78, 5) is 10.5. The fraction of sp³-hybridized carbons (Fsp3) is 0.143. The molecule has 2 rings (SSSR count). The number of nitrogens with zero attached hydrogens (tertiary/aromatic N) is 6. The van der Waals surface area contributed by atoms with Crippen LogP contribution in [0.2, 0.25) is 0 Å². The van der Waals surface area contributed by atoms with E-state index in [4.69, 9.17) is 5.11 Å². The Bertz CT molecular complexity index is 487. The average molecular weight is 238 g/mol. The molecule has 2 aromatic rings. The van der Waals surface area contributed by atoms with E-state index in [1.54, 1.807) is 18.3 Å². The van der Waals surface area contributed by atoms with Crippen molar-refractivity contribution >= 4 is 17.7 Å². The van der Waals surface area contributed by atoms with E-state index in [1.165, 1.54) is 4.68 Å². The molecule has 9 heteroatoms. The van der Waals surface area contributed by atoms with Crippen LogP contribution in [0.3, 0.4) is 0 Å². The van der Waals surface area contributed by atoms with Crippen LogP contribution in [0.15, 0.2) is 28.5 Å². The van der Waals surface area contributed by atoms with Gasteiger partial charge in [0.1, 0.15) is 11.6 Å². The predicted octanol–water partition coefficient (Wildman–Crippen LogP) is -0.301. The monoisotopic (exact) mass is 238 g/mol. The highest BCUT2D eigenvalue weighted by Gasteiger charge is 2.11. The van der Waals surface area contributed by atoms with Gasteiger partial charge in [-0.2, -0.15) is 5.10 Å². The van der Waals surface area contributed by atoms with Crippen molar-refractivity contribution < 1.29 is 9.90 Å². The summed E-state index contributed by atoms with van der Waals surface area (Å²) in [5.41, 5.74) is 0. The lowest BCUT2D eigenvalue weighted by Crippen LogP contribution is -2.11. The first-order valence-electron chi connectivity index (χ1n) is 4.19. The summed E-state index contributed by atoms with van der Waals surface area (Å²) >= 11 is 1.15. The van der Waals surface area contributed by atoms with Crippen molar-refractivity contribution in [1.29, 1.82) is 0 Å². The molecule has 2 aromatic heterocycles. The number of carboxylic acid groups (broad SMARTS) is 1. The molecule has 82 valence electrons. The van der Waals surface area contributed by atoms with Crippen LogP contribution >= 0.6 is 11.8 Å². The van der Waals surface area contributed by atoms with Gasteiger partial charge in [0, 0.05) is 6.20 Å². The highest BCUT2D eigenvalue weighted by Crippen LogP contribution is 2.21. The summed E-state index contributed by atoms with van der Waals surface area (Å²) in [5, 5.41) is 27.8. The van der Waals surface area contributed by atoms with Crippen LogP contribution in [0.25, 0.3) is 0 Å². The van der Waals surface area contributed by atoms with E-state index in [9.17, 15) is 4.79 Å². The fourth-order valence-electron chi connectivity index (χ4n) is 0.932. The second-order valence-electron chi connectivity index (χ2n) is 2.68. The molecule has 0 saturated carbocycles. The number of hydrogen-bond donors (Lipinski definition) is 1. The molecule has 0 unspecified atom stereocenters. The lowest BCUT2D eigenvalue weighted by atomic mass is 10.6. The van der Waals surface area contributed by atoms with Crippen molar-refractivity contribution in [2.24, 2.45) is 0 Å². The Morgan fingerprint density at radius 3 is 3.06 bits per heavy atom. The molecule has 16 heavy (non-hydrogen) atoms. The molecule has 0 atom stereocenters. The summed E-state index contributed by atoms with van der Waals surface area (Å²) in [7, 11) is 0. The molecule has 1 N–H and O–H groups in total. The molecule has 0 aliphatic rings. The quantitative estimate of drug-likeness (QED) is 0.773. The third kappa shape index (κ3) is 2.51. The number of hydrogen-bond acceptors (Lipinski definition) is 7. The first kappa shape index (κ1) is 10.5. The largest absolute Gasteiger partial charge is 0.480 e. The smallest absolute Gasteiger partial charge is 0.325 e. The second kappa shape index (κ2) is 4.66. The molecular formula is C7H6N6O2S. The predicted molar refractivity (Wildman–Crippen MR) is 51.6 cm³/mol. The van der Waals surface area contributed by atoms with Gasteiger partial charge in [-0.1, -0.05) is 0 Å². The zero-order chi connectivity index (χ0) is 11.4. The lowest BCUT2D eigenvalue weighted by Gasteiger charge is -1.99. The van der Waals surface area contributed by atoms with Crippen LogP contribution in [0.4, 0.5) is 0 Å². The Morgan fingerprint density at radius 1 is 1.50 bits per heavy atom. The Morgan fingerprint density at radius 2 is 2.38 bits per heavy atom. The Kier molecular flexibility index (Phi) is 3.05. The van der Waals surface area contributed by atoms with Gasteiger partial charge in [-0.05, 0) is 34.3 Å². The van der Waals surface area contributed by atoms with E-state index in [0.29, 0.717) is 10.2 Å². The maximum Gasteiger partial charge on any atom is 0.325 e. The van der Waals surface area contributed by atoms with Gasteiger partial charge >= 0.3 is 5.97 Å². The minimum absolute atomic E-state index is 0.282. The first-order valence-corrected chi connectivity index (χ1v) is 5.01. The van der Waals surface area contributed by atoms with Crippen molar-refractivity contribution in [3.63, 3.8) is 0 Å². The second-order valence-corrected chi connectivity index (χ2v) is 3.66. The van der Waals surface area contributed by atoms with Crippen molar-refractivity contribution in [2.75, 3.05) is 0 Å². The average Bonchev–Trinajstić information content (AvgIpc) is 2.66. The van der Waals surface area contributed by atoms with Crippen LogP contribution in [0, 0.1) is 0 Å². The standard InChI is InChI=1S/C7H6N6O2S/c14-6(15)4-13-7(10-11-12-13)16-5-2-1-3-8-9-5/h1-3H,4H2,(H,14,15). The Labute approximate surface area is 93.7 Å². The van der Waals surface area contributed by atoms with Crippen LogP contribution in [-0.4, -0.2) is 41.5 Å². The zero-order valence-electron chi connectivity index (χ0n) is 7.89. The molecule has 0 bridgehead atoms. The summed E-state index contributed by atoms with van der Waals surface area (Å²) < 4.78 is 1.18. The molecule has 2 heterocycles. The minimum atomic E-state index is -1.01. The van der Waals surface area contributed by atoms with Gasteiger partial charge in [0.15, 0.2) is 0 Å². The number of tetrazole rings is 1. The summed E-state index contributed by atoms with van der Waals surface area (Å²) in [6, 6.07) is 3.46. The van der Waals surface area contributed by atoms with Gasteiger partial charge in [-0.15, -0.1) is 10.2 Å². The summed E-state index contributed by atoms with van der Waals surface area (Å²) in [5.74, 6) is -1.01. The normalized spacial score (nSPS) is 10.2. The molecule has 8 nitrogen and oxygen atoms in total. The number of aromatic nitrogens is 6. The van der Waals surface area contributed by atoms with Crippen molar-refractivity contribution in [3.8, 4) is 0 Å². The summed E-state index contributed by atoms with van der Waals surface area (Å²) in [6.07, 6.45) is 1.55. The SMILES string of the molecule is O=C(O)Cn1nnnc1Sc1cccnn1. The van der Waals surface area contributed by atoms with E-state index < -0.39 is 5.97 Å². The van der Waals surface area contributed by atoms with Crippen LogP contribution < -0.4 is 0 Å². The number of carboxylic acids is 1. The molecular weight excluding hydrogens is 232 g/mol. The van der Waals surface area contributed by atoms with Crippen molar-refractivity contribution in [3.05, 3.63) is 18.3 Å². The molecule has 0 aliphatic carbocycles. The van der Waals surface area contributed by atoms with Gasteiger partial charge in [-0.3, -0.25) is 4.79 Å². The fourth-order valence-corrected chi connectivity index (χ4v) is 1.64. The molecule has 0 radical (unpaired) electrons. The third-order valence-electron chi connectivity index (χ3n) is 1.53. The maximum atomic E-state index is 10.5. The zero-order valence-corrected chi connectivity index (χ0v) is 8.70. The van der Waals surface area contributed by atoms with Gasteiger partial charge in [0.2, 0.25) is 5.16 Å². The van der Waals surface area contributed by atoms with Crippen LogP contribution in [0.5, 0.6) is 0 Å². The van der Waals surface area contributed by atoms with Crippen molar-refractivity contribution in [1.82, 2.24) is 30.4 Å². The topological polar surface area (TPSA) is 107 Å². The molecule has 0 amide bonds. The molecule has 0 aliphatic heterocycles. The highest BCUT2D eigenvalue weighted by molar-refractivity contribution is 7.99. The Balaban J connectivity index is 2.16. The number of carbonyl (C=O) groups is 1. The molecule has 0 fully saturated rings. The minimum Gasteiger partial charge on any atom is -0.480 e. The number of rotatable bonds is 4. The third-order valence-corrected chi connectivity index (χ3v) is 2.43. The maximum absolute atomic E-state index is 10.5. The van der Waals surface area contributed by atoms with E-state index in [1.807, 2.05) is 0 Å².